The maximum absolute atomic E-state index is 9.82. The zero-order chi connectivity index (χ0) is 12.9. The van der Waals surface area contributed by atoms with Crippen molar-refractivity contribution in [1.29, 1.82) is 0 Å². The van der Waals surface area contributed by atoms with E-state index in [1.165, 1.54) is 4.68 Å². The number of aromatic nitrogens is 5. The van der Waals surface area contributed by atoms with Crippen molar-refractivity contribution in [3.63, 3.8) is 0 Å². The van der Waals surface area contributed by atoms with Crippen LogP contribution in [-0.4, -0.2) is 58.6 Å². The Morgan fingerprint density at radius 2 is 2.06 bits per heavy atom. The summed E-state index contributed by atoms with van der Waals surface area (Å²) in [4.78, 5) is 7.46. The van der Waals surface area contributed by atoms with Crippen LogP contribution in [0.1, 0.15) is 6.23 Å². The zero-order valence-corrected chi connectivity index (χ0v) is 9.08. The van der Waals surface area contributed by atoms with Gasteiger partial charge in [-0.3, -0.25) is 0 Å². The van der Waals surface area contributed by atoms with Gasteiger partial charge in [0.05, 0.1) is 6.10 Å². The average Bonchev–Trinajstić information content (AvgIpc) is 2.88. The van der Waals surface area contributed by atoms with Crippen molar-refractivity contribution in [2.75, 3.05) is 0 Å². The minimum absolute atomic E-state index is 0.0929. The predicted octanol–water partition coefficient (Wildman–Crippen LogP) is -1.62. The molecule has 1 saturated heterocycles. The van der Waals surface area contributed by atoms with Gasteiger partial charge in [-0.15, -0.1) is 5.10 Å². The van der Waals surface area contributed by atoms with Gasteiger partial charge in [0.1, 0.15) is 18.5 Å². The molecule has 1 radical (unpaired) electrons. The Morgan fingerprint density at radius 3 is 2.72 bits per heavy atom. The second kappa shape index (κ2) is 3.83. The summed E-state index contributed by atoms with van der Waals surface area (Å²) in [6.07, 6.45) is -2.92. The highest BCUT2D eigenvalue weighted by atomic mass is 16.6. The van der Waals surface area contributed by atoms with Gasteiger partial charge in [-0.1, -0.05) is 5.21 Å². The Kier molecular flexibility index (Phi) is 2.40. The van der Waals surface area contributed by atoms with Crippen molar-refractivity contribution in [2.45, 2.75) is 24.5 Å². The Balaban J connectivity index is 2.08. The molecule has 1 aliphatic rings. The molecule has 0 aromatic carbocycles. The third-order valence-electron chi connectivity index (χ3n) is 2.82. The van der Waals surface area contributed by atoms with E-state index in [9.17, 15) is 15.3 Å². The van der Waals surface area contributed by atoms with Gasteiger partial charge >= 0.3 is 0 Å². The summed E-state index contributed by atoms with van der Waals surface area (Å²) in [5.74, 6) is -0.314. The first-order chi connectivity index (χ1) is 8.59. The van der Waals surface area contributed by atoms with Crippen molar-refractivity contribution < 1.29 is 20.1 Å². The van der Waals surface area contributed by atoms with Gasteiger partial charge in [-0.2, -0.15) is 9.67 Å². The van der Waals surface area contributed by atoms with E-state index in [2.05, 4.69) is 27.2 Å². The summed E-state index contributed by atoms with van der Waals surface area (Å²) >= 11 is 0. The minimum atomic E-state index is -1.20. The number of aromatic hydroxyl groups is 1. The Hall–Kier alpha value is -1.84. The standard InChI is InChI=1S/C9H10N5O4/c1-3-5(15)6(16)9(18-3)14-7-4(12-13-14)8(17)11-2-10-7/h2-3,5-6,9,15-16H,1H2,(H,10,11,17)/t3-,5-,6-,9-/m1/s1. The summed E-state index contributed by atoms with van der Waals surface area (Å²) in [7, 11) is 0. The minimum Gasteiger partial charge on any atom is -0.492 e. The molecule has 2 aromatic heterocycles. The lowest BCUT2D eigenvalue weighted by Crippen LogP contribution is -2.30. The van der Waals surface area contributed by atoms with Crippen LogP contribution in [0.4, 0.5) is 0 Å². The SMILES string of the molecule is [CH2][C@H]1O[C@@H](n2nnc3c(O)ncnc32)[C@H](O)[C@@H]1O. The smallest absolute Gasteiger partial charge is 0.244 e. The molecule has 0 spiro atoms. The van der Waals surface area contributed by atoms with Gasteiger partial charge in [0.25, 0.3) is 0 Å². The van der Waals surface area contributed by atoms with E-state index in [0.717, 1.165) is 6.33 Å². The molecule has 3 heterocycles. The Morgan fingerprint density at radius 1 is 1.28 bits per heavy atom. The molecule has 4 atom stereocenters. The predicted molar refractivity (Wildman–Crippen MR) is 56.1 cm³/mol. The molecule has 0 saturated carbocycles. The van der Waals surface area contributed by atoms with E-state index >= 15 is 0 Å². The van der Waals surface area contributed by atoms with Gasteiger partial charge in [0.2, 0.25) is 5.88 Å². The van der Waals surface area contributed by atoms with Crippen LogP contribution in [-0.2, 0) is 4.74 Å². The van der Waals surface area contributed by atoms with E-state index in [-0.39, 0.29) is 17.0 Å². The zero-order valence-electron chi connectivity index (χ0n) is 9.08. The first-order valence-corrected chi connectivity index (χ1v) is 5.19. The normalized spacial score (nSPS) is 32.2. The lowest BCUT2D eigenvalue weighted by Gasteiger charge is -2.14. The lowest BCUT2D eigenvalue weighted by atomic mass is 10.1. The van der Waals surface area contributed by atoms with E-state index in [1.54, 1.807) is 0 Å². The van der Waals surface area contributed by atoms with E-state index in [0.29, 0.717) is 0 Å². The van der Waals surface area contributed by atoms with E-state index < -0.39 is 24.5 Å². The highest BCUT2D eigenvalue weighted by Gasteiger charge is 2.42. The third-order valence-corrected chi connectivity index (χ3v) is 2.82. The fraction of sp³-hybridized carbons (Fsp3) is 0.444. The van der Waals surface area contributed by atoms with Crippen LogP contribution in [0, 0.1) is 6.92 Å². The molecule has 3 N–H and O–H groups in total. The van der Waals surface area contributed by atoms with Gasteiger partial charge in [-0.25, -0.2) is 4.98 Å². The summed E-state index contributed by atoms with van der Waals surface area (Å²) < 4.78 is 6.46. The topological polar surface area (TPSA) is 126 Å². The van der Waals surface area contributed by atoms with E-state index in [4.69, 9.17) is 4.74 Å². The number of nitrogens with zero attached hydrogens (tertiary/aromatic N) is 5. The molecule has 9 heteroatoms. The average molecular weight is 252 g/mol. The quantitative estimate of drug-likeness (QED) is 0.552. The number of ether oxygens (including phenoxy) is 1. The highest BCUT2D eigenvalue weighted by molar-refractivity contribution is 5.74. The molecule has 1 aliphatic heterocycles. The molecule has 0 amide bonds. The molecule has 0 bridgehead atoms. The monoisotopic (exact) mass is 252 g/mol. The molecular formula is C9H10N5O4. The fourth-order valence-electron chi connectivity index (χ4n) is 1.86. The van der Waals surface area contributed by atoms with Crippen molar-refractivity contribution in [1.82, 2.24) is 25.0 Å². The van der Waals surface area contributed by atoms with Crippen LogP contribution >= 0.6 is 0 Å². The van der Waals surface area contributed by atoms with Crippen LogP contribution in [0.5, 0.6) is 5.88 Å². The van der Waals surface area contributed by atoms with Crippen LogP contribution in [0.2, 0.25) is 0 Å². The van der Waals surface area contributed by atoms with Crippen LogP contribution in [0.3, 0.4) is 0 Å². The molecule has 0 aliphatic carbocycles. The number of hydrogen-bond acceptors (Lipinski definition) is 8. The van der Waals surface area contributed by atoms with Crippen molar-refractivity contribution in [3.8, 4) is 5.88 Å². The maximum Gasteiger partial charge on any atom is 0.244 e. The largest absolute Gasteiger partial charge is 0.492 e. The Labute approximate surface area is 101 Å². The third kappa shape index (κ3) is 1.45. The number of hydrogen-bond donors (Lipinski definition) is 3. The van der Waals surface area contributed by atoms with Crippen molar-refractivity contribution in [3.05, 3.63) is 13.3 Å². The van der Waals surface area contributed by atoms with Gasteiger partial charge < -0.3 is 20.1 Å². The number of aliphatic hydroxyl groups is 2. The molecule has 3 rings (SSSR count). The summed E-state index contributed by atoms with van der Waals surface area (Å²) in [5, 5.41) is 36.3. The number of fused-ring (bicyclic) bond motifs is 1. The van der Waals surface area contributed by atoms with Gasteiger partial charge in [-0.05, 0) is 6.92 Å². The van der Waals surface area contributed by atoms with Crippen LogP contribution in [0.25, 0.3) is 11.2 Å². The molecule has 9 nitrogen and oxygen atoms in total. The van der Waals surface area contributed by atoms with Crippen LogP contribution < -0.4 is 0 Å². The van der Waals surface area contributed by atoms with E-state index in [1.807, 2.05) is 0 Å². The molecule has 2 aromatic rings. The first kappa shape index (κ1) is 11.3. The Bertz CT molecular complexity index is 587. The molecule has 0 unspecified atom stereocenters. The van der Waals surface area contributed by atoms with Crippen molar-refractivity contribution >= 4 is 11.2 Å². The molecular weight excluding hydrogens is 242 g/mol. The van der Waals surface area contributed by atoms with Crippen LogP contribution in [0.15, 0.2) is 6.33 Å². The van der Waals surface area contributed by atoms with Crippen molar-refractivity contribution in [2.24, 2.45) is 0 Å². The fourth-order valence-corrected chi connectivity index (χ4v) is 1.86. The van der Waals surface area contributed by atoms with Gasteiger partial charge in [0, 0.05) is 0 Å². The van der Waals surface area contributed by atoms with Gasteiger partial charge in [0.15, 0.2) is 17.4 Å². The molecule has 95 valence electrons. The maximum atomic E-state index is 9.82. The number of aliphatic hydroxyl groups excluding tert-OH is 2. The molecule has 1 fully saturated rings. The second-order valence-corrected chi connectivity index (χ2v) is 3.95. The summed E-state index contributed by atoms with van der Waals surface area (Å²) in [6, 6.07) is 0. The first-order valence-electron chi connectivity index (χ1n) is 5.19. The summed E-state index contributed by atoms with van der Waals surface area (Å²) in [5.41, 5.74) is 0.295. The summed E-state index contributed by atoms with van der Waals surface area (Å²) in [6.45, 7) is 3.55. The second-order valence-electron chi connectivity index (χ2n) is 3.95. The molecule has 18 heavy (non-hydrogen) atoms. The lowest BCUT2D eigenvalue weighted by molar-refractivity contribution is -0.0334. The highest BCUT2D eigenvalue weighted by Crippen LogP contribution is 2.30. The number of rotatable bonds is 1.